The van der Waals surface area contributed by atoms with Crippen LogP contribution in [0, 0.1) is 5.82 Å². The van der Waals surface area contributed by atoms with Crippen molar-refractivity contribution in [2.45, 2.75) is 13.5 Å². The van der Waals surface area contributed by atoms with Crippen LogP contribution in [0.2, 0.25) is 10.0 Å². The van der Waals surface area contributed by atoms with E-state index in [4.69, 9.17) is 32.7 Å². The molecule has 7 nitrogen and oxygen atoms in total. The first kappa shape index (κ1) is 27.5. The van der Waals surface area contributed by atoms with Crippen molar-refractivity contribution in [2.75, 3.05) is 18.5 Å². The molecular weight excluding hydrogens is 554 g/mol. The number of carbonyl (C=O) groups excluding carboxylic acids is 3. The number of thioether (sulfide) groups is 1. The molecule has 11 heteroatoms. The Morgan fingerprint density at radius 3 is 2.58 bits per heavy atom. The molecule has 0 radical (unpaired) electrons. The molecule has 0 spiro atoms. The fraction of sp³-hybridized carbons (Fsp3) is 0.148. The number of benzene rings is 3. The Bertz CT molecular complexity index is 1430. The maximum atomic E-state index is 13.3. The average molecular weight is 575 g/mol. The Morgan fingerprint density at radius 2 is 1.84 bits per heavy atom. The molecule has 1 aliphatic rings. The minimum Gasteiger partial charge on any atom is -0.490 e. The largest absolute Gasteiger partial charge is 0.490 e. The molecule has 1 fully saturated rings. The van der Waals surface area contributed by atoms with Crippen molar-refractivity contribution in [3.8, 4) is 11.5 Å². The van der Waals surface area contributed by atoms with Crippen molar-refractivity contribution in [3.05, 3.63) is 92.6 Å². The molecule has 1 heterocycles. The molecule has 0 aliphatic carbocycles. The van der Waals surface area contributed by atoms with Crippen LogP contribution in [0.5, 0.6) is 11.5 Å². The molecule has 0 atom stereocenters. The number of carbonyl (C=O) groups is 3. The highest BCUT2D eigenvalue weighted by molar-refractivity contribution is 8.18. The fourth-order valence-electron chi connectivity index (χ4n) is 3.49. The maximum absolute atomic E-state index is 13.3. The zero-order valence-electron chi connectivity index (χ0n) is 20.0. The third-order valence-corrected chi connectivity index (χ3v) is 6.87. The predicted molar refractivity (Wildman–Crippen MR) is 146 cm³/mol. The molecule has 0 saturated carbocycles. The summed E-state index contributed by atoms with van der Waals surface area (Å²) in [6.07, 6.45) is 1.54. The summed E-state index contributed by atoms with van der Waals surface area (Å²) in [7, 11) is 0. The Labute approximate surface area is 232 Å². The Kier molecular flexibility index (Phi) is 8.93. The Hall–Kier alpha value is -3.53. The van der Waals surface area contributed by atoms with Gasteiger partial charge >= 0.3 is 0 Å². The van der Waals surface area contributed by atoms with E-state index in [0.29, 0.717) is 33.7 Å². The normalized spacial score (nSPS) is 14.2. The second kappa shape index (κ2) is 12.3. The van der Waals surface area contributed by atoms with Crippen molar-refractivity contribution < 1.29 is 28.2 Å². The van der Waals surface area contributed by atoms with Crippen molar-refractivity contribution >= 4 is 63.8 Å². The average Bonchev–Trinajstić information content (AvgIpc) is 3.13. The number of halogens is 3. The summed E-state index contributed by atoms with van der Waals surface area (Å²) in [5, 5.41) is 2.77. The number of amides is 3. The number of rotatable bonds is 9. The molecule has 1 aliphatic heterocycles. The molecule has 0 unspecified atom stereocenters. The lowest BCUT2D eigenvalue weighted by molar-refractivity contribution is -0.127. The smallest absolute Gasteiger partial charge is 0.294 e. The molecule has 38 heavy (non-hydrogen) atoms. The molecule has 3 amide bonds. The lowest BCUT2D eigenvalue weighted by Gasteiger charge is -2.13. The van der Waals surface area contributed by atoms with Gasteiger partial charge in [-0.1, -0.05) is 41.4 Å². The summed E-state index contributed by atoms with van der Waals surface area (Å²) < 4.78 is 25.0. The van der Waals surface area contributed by atoms with Crippen LogP contribution in [0.1, 0.15) is 18.1 Å². The molecule has 1 N–H and O–H groups in total. The van der Waals surface area contributed by atoms with Crippen LogP contribution in [0.25, 0.3) is 6.08 Å². The van der Waals surface area contributed by atoms with Gasteiger partial charge in [0.25, 0.3) is 11.1 Å². The van der Waals surface area contributed by atoms with Crippen LogP contribution in [-0.4, -0.2) is 35.1 Å². The highest BCUT2D eigenvalue weighted by Gasteiger charge is 2.36. The zero-order chi connectivity index (χ0) is 27.2. The molecule has 196 valence electrons. The maximum Gasteiger partial charge on any atom is 0.294 e. The number of nitrogens with one attached hydrogen (secondary N) is 1. The van der Waals surface area contributed by atoms with E-state index in [1.807, 2.05) is 6.92 Å². The number of anilines is 1. The standard InChI is InChI=1S/C27H21Cl2FN2O5S/c1-2-36-23-11-16(7-9-22(23)37-15-17-6-8-20(28)21(29)10-17)12-24-26(34)32(27(35)38-24)14-25(33)31-19-5-3-4-18(30)13-19/h3-13H,2,14-15H2,1H3,(H,31,33)/b24-12+. The SMILES string of the molecule is CCOc1cc(/C=C2/SC(=O)N(CC(=O)Nc3cccc(F)c3)C2=O)ccc1OCc1ccc(Cl)c(Cl)c1. The first-order chi connectivity index (χ1) is 18.2. The van der Waals surface area contributed by atoms with Gasteiger partial charge in [0.1, 0.15) is 19.0 Å². The Balaban J connectivity index is 1.45. The third kappa shape index (κ3) is 6.86. The first-order valence-electron chi connectivity index (χ1n) is 11.4. The number of imide groups is 1. The van der Waals surface area contributed by atoms with E-state index in [1.54, 1.807) is 42.5 Å². The van der Waals surface area contributed by atoms with E-state index < -0.39 is 29.4 Å². The molecule has 0 bridgehead atoms. The number of ether oxygens (including phenoxy) is 2. The van der Waals surface area contributed by atoms with Gasteiger partial charge in [0, 0.05) is 5.69 Å². The zero-order valence-corrected chi connectivity index (χ0v) is 22.3. The summed E-state index contributed by atoms with van der Waals surface area (Å²) >= 11 is 12.8. The van der Waals surface area contributed by atoms with Crippen LogP contribution in [0.4, 0.5) is 14.9 Å². The number of nitrogens with zero attached hydrogens (tertiary/aromatic N) is 1. The fourth-order valence-corrected chi connectivity index (χ4v) is 4.65. The summed E-state index contributed by atoms with van der Waals surface area (Å²) in [5.74, 6) is -0.810. The minimum absolute atomic E-state index is 0.153. The molecule has 1 saturated heterocycles. The lowest BCUT2D eigenvalue weighted by atomic mass is 10.1. The highest BCUT2D eigenvalue weighted by Crippen LogP contribution is 2.35. The van der Waals surface area contributed by atoms with Crippen LogP contribution < -0.4 is 14.8 Å². The van der Waals surface area contributed by atoms with Gasteiger partial charge in [-0.3, -0.25) is 19.3 Å². The quantitative estimate of drug-likeness (QED) is 0.283. The molecular formula is C27H21Cl2FN2O5S. The Morgan fingerprint density at radius 1 is 1.03 bits per heavy atom. The van der Waals surface area contributed by atoms with Gasteiger partial charge in [-0.25, -0.2) is 4.39 Å². The van der Waals surface area contributed by atoms with Gasteiger partial charge < -0.3 is 14.8 Å². The van der Waals surface area contributed by atoms with Crippen molar-refractivity contribution in [1.29, 1.82) is 0 Å². The van der Waals surface area contributed by atoms with Gasteiger partial charge in [0.05, 0.1) is 21.6 Å². The monoisotopic (exact) mass is 574 g/mol. The van der Waals surface area contributed by atoms with Crippen LogP contribution in [0.3, 0.4) is 0 Å². The highest BCUT2D eigenvalue weighted by atomic mass is 35.5. The van der Waals surface area contributed by atoms with E-state index in [-0.39, 0.29) is 17.2 Å². The van der Waals surface area contributed by atoms with Crippen LogP contribution in [-0.2, 0) is 16.2 Å². The van der Waals surface area contributed by atoms with Gasteiger partial charge in [0.15, 0.2) is 11.5 Å². The molecule has 0 aromatic heterocycles. The molecule has 3 aromatic rings. The third-order valence-electron chi connectivity index (χ3n) is 5.23. The topological polar surface area (TPSA) is 84.9 Å². The molecule has 3 aromatic carbocycles. The van der Waals surface area contributed by atoms with Crippen LogP contribution >= 0.6 is 35.0 Å². The second-order valence-corrected chi connectivity index (χ2v) is 9.81. The first-order valence-corrected chi connectivity index (χ1v) is 12.9. The van der Waals surface area contributed by atoms with Crippen molar-refractivity contribution in [2.24, 2.45) is 0 Å². The van der Waals surface area contributed by atoms with E-state index >= 15 is 0 Å². The van der Waals surface area contributed by atoms with E-state index in [1.165, 1.54) is 18.2 Å². The van der Waals surface area contributed by atoms with Crippen LogP contribution in [0.15, 0.2) is 65.6 Å². The summed E-state index contributed by atoms with van der Waals surface area (Å²) in [6.45, 7) is 1.94. The molecule has 4 rings (SSSR count). The van der Waals surface area contributed by atoms with Crippen molar-refractivity contribution in [3.63, 3.8) is 0 Å². The van der Waals surface area contributed by atoms with Gasteiger partial charge in [0.2, 0.25) is 5.91 Å². The predicted octanol–water partition coefficient (Wildman–Crippen LogP) is 6.79. The second-order valence-electron chi connectivity index (χ2n) is 8.00. The number of hydrogen-bond donors (Lipinski definition) is 1. The van der Waals surface area contributed by atoms with E-state index in [9.17, 15) is 18.8 Å². The van der Waals surface area contributed by atoms with E-state index in [2.05, 4.69) is 5.32 Å². The van der Waals surface area contributed by atoms with E-state index in [0.717, 1.165) is 28.3 Å². The van der Waals surface area contributed by atoms with Gasteiger partial charge in [-0.2, -0.15) is 0 Å². The van der Waals surface area contributed by atoms with Gasteiger partial charge in [-0.05, 0) is 78.4 Å². The number of hydrogen-bond acceptors (Lipinski definition) is 6. The summed E-state index contributed by atoms with van der Waals surface area (Å²) in [4.78, 5) is 38.6. The lowest BCUT2D eigenvalue weighted by Crippen LogP contribution is -2.36. The van der Waals surface area contributed by atoms with Crippen molar-refractivity contribution in [1.82, 2.24) is 4.90 Å². The summed E-state index contributed by atoms with van der Waals surface area (Å²) in [6, 6.07) is 15.6. The minimum atomic E-state index is -0.624. The van der Waals surface area contributed by atoms with Gasteiger partial charge in [-0.15, -0.1) is 0 Å². The summed E-state index contributed by atoms with van der Waals surface area (Å²) in [5.41, 5.74) is 1.65.